The highest BCUT2D eigenvalue weighted by atomic mass is 16.5. The molecule has 21 heavy (non-hydrogen) atoms. The van der Waals surface area contributed by atoms with Gasteiger partial charge in [-0.3, -0.25) is 4.79 Å². The molecule has 0 radical (unpaired) electrons. The van der Waals surface area contributed by atoms with Crippen molar-refractivity contribution in [2.45, 2.75) is 20.3 Å². The van der Waals surface area contributed by atoms with Crippen molar-refractivity contribution in [2.24, 2.45) is 5.92 Å². The highest BCUT2D eigenvalue weighted by Gasteiger charge is 2.12. The molecular formula is C18H20O3. The average molecular weight is 284 g/mol. The van der Waals surface area contributed by atoms with Crippen molar-refractivity contribution in [1.82, 2.24) is 0 Å². The molecule has 110 valence electrons. The predicted molar refractivity (Wildman–Crippen MR) is 83.3 cm³/mol. The van der Waals surface area contributed by atoms with Crippen LogP contribution in [0.1, 0.15) is 30.6 Å². The number of rotatable bonds is 6. The van der Waals surface area contributed by atoms with Gasteiger partial charge in [-0.05, 0) is 55.0 Å². The molecule has 0 aliphatic carbocycles. The Morgan fingerprint density at radius 2 is 1.43 bits per heavy atom. The Hall–Kier alpha value is -2.29. The standard InChI is InChI=1S/C18H20O3/c1-4-13(2)18(19)14-5-7-16(8-6-14)21-17-11-9-15(20-3)10-12-17/h5-13H,4H2,1-3H3. The number of ketones is 1. The van der Waals surface area contributed by atoms with E-state index >= 15 is 0 Å². The first-order chi connectivity index (χ1) is 10.1. The number of carbonyl (C=O) groups excluding carboxylic acids is 1. The molecule has 2 rings (SSSR count). The minimum atomic E-state index is 0.0540. The Morgan fingerprint density at radius 1 is 0.952 bits per heavy atom. The monoisotopic (exact) mass is 284 g/mol. The maximum absolute atomic E-state index is 12.1. The van der Waals surface area contributed by atoms with Crippen molar-refractivity contribution in [3.8, 4) is 17.2 Å². The molecule has 0 aliphatic heterocycles. The summed E-state index contributed by atoms with van der Waals surface area (Å²) in [5.74, 6) is 2.46. The predicted octanol–water partition coefficient (Wildman–Crippen LogP) is 4.72. The van der Waals surface area contributed by atoms with Crippen molar-refractivity contribution in [3.63, 3.8) is 0 Å². The van der Waals surface area contributed by atoms with E-state index in [2.05, 4.69) is 0 Å². The van der Waals surface area contributed by atoms with Crippen molar-refractivity contribution in [3.05, 3.63) is 54.1 Å². The zero-order chi connectivity index (χ0) is 15.2. The van der Waals surface area contributed by atoms with E-state index in [-0.39, 0.29) is 11.7 Å². The van der Waals surface area contributed by atoms with Crippen LogP contribution in [0.15, 0.2) is 48.5 Å². The number of hydrogen-bond donors (Lipinski definition) is 0. The second-order valence-electron chi connectivity index (χ2n) is 4.98. The summed E-state index contributed by atoms with van der Waals surface area (Å²) in [6, 6.07) is 14.6. The number of Topliss-reactive ketones (excluding diaryl/α,β-unsaturated/α-hetero) is 1. The zero-order valence-corrected chi connectivity index (χ0v) is 12.6. The molecule has 0 N–H and O–H groups in total. The summed E-state index contributed by atoms with van der Waals surface area (Å²) in [4.78, 5) is 12.1. The third-order valence-electron chi connectivity index (χ3n) is 3.49. The average Bonchev–Trinajstić information content (AvgIpc) is 2.55. The smallest absolute Gasteiger partial charge is 0.165 e. The third-order valence-corrected chi connectivity index (χ3v) is 3.49. The molecule has 0 fully saturated rings. The Labute approximate surface area is 125 Å². The topological polar surface area (TPSA) is 35.5 Å². The highest BCUT2D eigenvalue weighted by Crippen LogP contribution is 2.24. The van der Waals surface area contributed by atoms with Crippen LogP contribution >= 0.6 is 0 Å². The molecule has 0 amide bonds. The molecule has 0 aliphatic rings. The molecule has 2 aromatic rings. The molecule has 1 unspecified atom stereocenters. The van der Waals surface area contributed by atoms with Gasteiger partial charge in [0.15, 0.2) is 5.78 Å². The van der Waals surface area contributed by atoms with Gasteiger partial charge in [0.1, 0.15) is 17.2 Å². The van der Waals surface area contributed by atoms with Gasteiger partial charge in [0.05, 0.1) is 7.11 Å². The first kappa shape index (κ1) is 15.1. The van der Waals surface area contributed by atoms with Crippen LogP contribution in [0.5, 0.6) is 17.2 Å². The van der Waals surface area contributed by atoms with Crippen LogP contribution in [-0.2, 0) is 0 Å². The van der Waals surface area contributed by atoms with Crippen LogP contribution < -0.4 is 9.47 Å². The first-order valence-corrected chi connectivity index (χ1v) is 7.10. The van der Waals surface area contributed by atoms with Crippen LogP contribution in [0, 0.1) is 5.92 Å². The van der Waals surface area contributed by atoms with Gasteiger partial charge in [-0.15, -0.1) is 0 Å². The molecule has 0 aromatic heterocycles. The maximum atomic E-state index is 12.1. The molecule has 3 nitrogen and oxygen atoms in total. The number of ether oxygens (including phenoxy) is 2. The van der Waals surface area contributed by atoms with Crippen molar-refractivity contribution in [1.29, 1.82) is 0 Å². The van der Waals surface area contributed by atoms with E-state index in [1.165, 1.54) is 0 Å². The van der Waals surface area contributed by atoms with Gasteiger partial charge in [-0.25, -0.2) is 0 Å². The zero-order valence-electron chi connectivity index (χ0n) is 12.6. The van der Waals surface area contributed by atoms with E-state index in [1.807, 2.05) is 62.4 Å². The molecule has 0 heterocycles. The molecule has 0 bridgehead atoms. The summed E-state index contributed by atoms with van der Waals surface area (Å²) in [6.07, 6.45) is 0.850. The Balaban J connectivity index is 2.06. The lowest BCUT2D eigenvalue weighted by atomic mass is 9.97. The lowest BCUT2D eigenvalue weighted by molar-refractivity contribution is 0.0927. The van der Waals surface area contributed by atoms with Gasteiger partial charge in [0.2, 0.25) is 0 Å². The second-order valence-corrected chi connectivity index (χ2v) is 4.98. The first-order valence-electron chi connectivity index (χ1n) is 7.10. The summed E-state index contributed by atoms with van der Waals surface area (Å²) in [5, 5.41) is 0. The van der Waals surface area contributed by atoms with Gasteiger partial charge in [0, 0.05) is 11.5 Å². The van der Waals surface area contributed by atoms with Crippen LogP contribution in [0.3, 0.4) is 0 Å². The Kier molecular flexibility index (Phi) is 4.99. The summed E-state index contributed by atoms with van der Waals surface area (Å²) in [5.41, 5.74) is 0.728. The largest absolute Gasteiger partial charge is 0.497 e. The van der Waals surface area contributed by atoms with E-state index in [4.69, 9.17) is 9.47 Å². The van der Waals surface area contributed by atoms with Crippen molar-refractivity contribution < 1.29 is 14.3 Å². The van der Waals surface area contributed by atoms with Gasteiger partial charge >= 0.3 is 0 Å². The van der Waals surface area contributed by atoms with Gasteiger partial charge in [-0.1, -0.05) is 13.8 Å². The molecule has 2 aromatic carbocycles. The number of carbonyl (C=O) groups is 1. The SMILES string of the molecule is CCC(C)C(=O)c1ccc(Oc2ccc(OC)cc2)cc1. The number of hydrogen-bond acceptors (Lipinski definition) is 3. The fraction of sp³-hybridized carbons (Fsp3) is 0.278. The lowest BCUT2D eigenvalue weighted by Gasteiger charge is -2.09. The maximum Gasteiger partial charge on any atom is 0.165 e. The summed E-state index contributed by atoms with van der Waals surface area (Å²) in [7, 11) is 1.63. The highest BCUT2D eigenvalue weighted by molar-refractivity contribution is 5.97. The third kappa shape index (κ3) is 3.85. The Bertz CT molecular complexity index is 585. The second kappa shape index (κ2) is 6.93. The van der Waals surface area contributed by atoms with E-state index in [0.717, 1.165) is 23.5 Å². The molecule has 0 spiro atoms. The fourth-order valence-electron chi connectivity index (χ4n) is 1.94. The van der Waals surface area contributed by atoms with Crippen molar-refractivity contribution in [2.75, 3.05) is 7.11 Å². The van der Waals surface area contributed by atoms with Crippen LogP contribution in [0.4, 0.5) is 0 Å². The van der Waals surface area contributed by atoms with E-state index in [0.29, 0.717) is 5.75 Å². The van der Waals surface area contributed by atoms with Crippen LogP contribution in [0.2, 0.25) is 0 Å². The molecule has 1 atom stereocenters. The molecular weight excluding hydrogens is 264 g/mol. The normalized spacial score (nSPS) is 11.8. The number of benzene rings is 2. The van der Waals surface area contributed by atoms with E-state index < -0.39 is 0 Å². The van der Waals surface area contributed by atoms with Gasteiger partial charge in [0.25, 0.3) is 0 Å². The Morgan fingerprint density at radius 3 is 1.90 bits per heavy atom. The van der Waals surface area contributed by atoms with Crippen LogP contribution in [0.25, 0.3) is 0 Å². The minimum absolute atomic E-state index is 0.0540. The van der Waals surface area contributed by atoms with E-state index in [9.17, 15) is 4.79 Å². The van der Waals surface area contributed by atoms with Gasteiger partial charge in [-0.2, -0.15) is 0 Å². The molecule has 3 heteroatoms. The quantitative estimate of drug-likeness (QED) is 0.720. The fourth-order valence-corrected chi connectivity index (χ4v) is 1.94. The lowest BCUT2D eigenvalue weighted by Crippen LogP contribution is -2.09. The summed E-state index contributed by atoms with van der Waals surface area (Å²) < 4.78 is 10.8. The minimum Gasteiger partial charge on any atom is -0.497 e. The summed E-state index contributed by atoms with van der Waals surface area (Å²) >= 11 is 0. The van der Waals surface area contributed by atoms with Gasteiger partial charge < -0.3 is 9.47 Å². The molecule has 0 saturated carbocycles. The van der Waals surface area contributed by atoms with Crippen LogP contribution in [-0.4, -0.2) is 12.9 Å². The number of methoxy groups -OCH3 is 1. The summed E-state index contributed by atoms with van der Waals surface area (Å²) in [6.45, 7) is 3.97. The van der Waals surface area contributed by atoms with E-state index in [1.54, 1.807) is 7.11 Å². The molecule has 0 saturated heterocycles. The van der Waals surface area contributed by atoms with Crippen molar-refractivity contribution >= 4 is 5.78 Å².